The third-order valence-corrected chi connectivity index (χ3v) is 4.20. The topological polar surface area (TPSA) is 90.1 Å². The van der Waals surface area contributed by atoms with Crippen molar-refractivity contribution in [1.82, 2.24) is 25.1 Å². The fraction of sp³-hybridized carbons (Fsp3) is 0.727. The van der Waals surface area contributed by atoms with Gasteiger partial charge >= 0.3 is 0 Å². The van der Waals surface area contributed by atoms with E-state index in [1.807, 2.05) is 32.8 Å². The highest BCUT2D eigenvalue weighted by Crippen LogP contribution is 2.16. The largest absolute Gasteiger partial charge is 0.316 e. The Bertz CT molecular complexity index is 509. The third kappa shape index (κ3) is 4.27. The van der Waals surface area contributed by atoms with Gasteiger partial charge in [0.05, 0.1) is 0 Å². The zero-order valence-corrected chi connectivity index (χ0v) is 12.9. The summed E-state index contributed by atoms with van der Waals surface area (Å²) >= 11 is 0. The second-order valence-electron chi connectivity index (χ2n) is 4.95. The van der Waals surface area contributed by atoms with Crippen LogP contribution in [0.5, 0.6) is 0 Å². The number of aryl methyl sites for hydroxylation is 1. The van der Waals surface area contributed by atoms with Gasteiger partial charge in [0.1, 0.15) is 0 Å². The van der Waals surface area contributed by atoms with E-state index in [4.69, 9.17) is 0 Å². The van der Waals surface area contributed by atoms with E-state index in [1.165, 1.54) is 0 Å². The first kappa shape index (κ1) is 16.1. The minimum absolute atomic E-state index is 0.0740. The van der Waals surface area contributed by atoms with Gasteiger partial charge in [-0.25, -0.2) is 13.1 Å². The molecule has 1 rings (SSSR count). The number of hydrogen-bond donors (Lipinski definition) is 3. The van der Waals surface area contributed by atoms with E-state index < -0.39 is 10.0 Å². The van der Waals surface area contributed by atoms with Crippen molar-refractivity contribution < 1.29 is 8.42 Å². The summed E-state index contributed by atoms with van der Waals surface area (Å²) in [7, 11) is 1.97. The maximum atomic E-state index is 12.3. The van der Waals surface area contributed by atoms with Crippen molar-refractivity contribution in [2.24, 2.45) is 0 Å². The molecule has 0 aliphatic heterocycles. The number of aromatic amines is 1. The lowest BCUT2D eigenvalue weighted by atomic mass is 10.3. The summed E-state index contributed by atoms with van der Waals surface area (Å²) in [4.78, 5) is 1.93. The molecule has 0 aromatic carbocycles. The lowest BCUT2D eigenvalue weighted by Gasteiger charge is -2.18. The normalized spacial score (nSPS) is 14.0. The second-order valence-corrected chi connectivity index (χ2v) is 6.58. The third-order valence-electron chi connectivity index (χ3n) is 2.64. The highest BCUT2D eigenvalue weighted by Gasteiger charge is 2.25. The Labute approximate surface area is 114 Å². The molecule has 8 heteroatoms. The zero-order valence-electron chi connectivity index (χ0n) is 12.1. The molecule has 1 heterocycles. The monoisotopic (exact) mass is 289 g/mol. The summed E-state index contributed by atoms with van der Waals surface area (Å²) in [6, 6.07) is -0.181. The van der Waals surface area contributed by atoms with Crippen LogP contribution in [0.1, 0.15) is 18.2 Å². The van der Waals surface area contributed by atoms with Crippen molar-refractivity contribution >= 4 is 10.0 Å². The van der Waals surface area contributed by atoms with E-state index in [-0.39, 0.29) is 11.1 Å². The number of rotatable bonds is 7. The van der Waals surface area contributed by atoms with Gasteiger partial charge in [-0.1, -0.05) is 0 Å². The summed E-state index contributed by atoms with van der Waals surface area (Å²) < 4.78 is 27.2. The van der Waals surface area contributed by atoms with Crippen LogP contribution in [0.25, 0.3) is 0 Å². The molecule has 0 aliphatic rings. The summed E-state index contributed by atoms with van der Waals surface area (Å²) in [5, 5.41) is 9.65. The SMILES string of the molecule is CNCc1c(S(=O)(=O)NC(C)CN(C)C)n[nH]c1C. The molecule has 1 atom stereocenters. The van der Waals surface area contributed by atoms with E-state index in [1.54, 1.807) is 7.05 Å². The fourth-order valence-electron chi connectivity index (χ4n) is 1.94. The first-order valence-electron chi connectivity index (χ1n) is 6.13. The van der Waals surface area contributed by atoms with Crippen LogP contribution >= 0.6 is 0 Å². The minimum atomic E-state index is -3.60. The number of H-pyrrole nitrogens is 1. The molecule has 0 spiro atoms. The average Bonchev–Trinajstić information content (AvgIpc) is 2.59. The van der Waals surface area contributed by atoms with Crippen molar-refractivity contribution in [3.05, 3.63) is 11.3 Å². The van der Waals surface area contributed by atoms with Gasteiger partial charge in [0.15, 0.2) is 5.03 Å². The summed E-state index contributed by atoms with van der Waals surface area (Å²) in [6.45, 7) is 4.72. The Morgan fingerprint density at radius 1 is 1.42 bits per heavy atom. The van der Waals surface area contributed by atoms with Crippen LogP contribution in [0, 0.1) is 6.92 Å². The maximum Gasteiger partial charge on any atom is 0.260 e. The molecule has 0 fully saturated rings. The quantitative estimate of drug-likeness (QED) is 0.639. The van der Waals surface area contributed by atoms with Crippen LogP contribution in [-0.2, 0) is 16.6 Å². The van der Waals surface area contributed by atoms with Gasteiger partial charge in [0.2, 0.25) is 0 Å². The molecule has 0 saturated carbocycles. The fourth-order valence-corrected chi connectivity index (χ4v) is 3.37. The maximum absolute atomic E-state index is 12.3. The van der Waals surface area contributed by atoms with Crippen molar-refractivity contribution in [2.75, 3.05) is 27.7 Å². The molecule has 0 amide bonds. The van der Waals surface area contributed by atoms with Crippen molar-refractivity contribution in [1.29, 1.82) is 0 Å². The van der Waals surface area contributed by atoms with Crippen LogP contribution in [-0.4, -0.2) is 57.2 Å². The molecule has 1 aromatic rings. The molecule has 1 unspecified atom stereocenters. The zero-order chi connectivity index (χ0) is 14.6. The Morgan fingerprint density at radius 2 is 2.05 bits per heavy atom. The Kier molecular flexibility index (Phi) is 5.48. The van der Waals surface area contributed by atoms with E-state index in [9.17, 15) is 8.42 Å². The van der Waals surface area contributed by atoms with E-state index >= 15 is 0 Å². The summed E-state index contributed by atoms with van der Waals surface area (Å²) in [5.74, 6) is 0. The average molecular weight is 289 g/mol. The van der Waals surface area contributed by atoms with Gasteiger partial charge in [-0.15, -0.1) is 0 Å². The highest BCUT2D eigenvalue weighted by atomic mass is 32.2. The predicted molar refractivity (Wildman–Crippen MR) is 74.4 cm³/mol. The standard InChI is InChI=1S/C11H23N5O2S/c1-8(7-16(4)5)15-19(17,18)11-10(6-12-3)9(2)13-14-11/h8,12,15H,6-7H2,1-5H3,(H,13,14). The van der Waals surface area contributed by atoms with Gasteiger partial charge in [-0.3, -0.25) is 5.10 Å². The molecule has 7 nitrogen and oxygen atoms in total. The molecule has 110 valence electrons. The second kappa shape index (κ2) is 6.47. The molecule has 0 aliphatic carbocycles. The molecular formula is C11H23N5O2S. The smallest absolute Gasteiger partial charge is 0.260 e. The number of nitrogens with one attached hydrogen (secondary N) is 3. The van der Waals surface area contributed by atoms with Crippen LogP contribution in [0.4, 0.5) is 0 Å². The molecule has 1 aromatic heterocycles. The first-order valence-corrected chi connectivity index (χ1v) is 7.61. The highest BCUT2D eigenvalue weighted by molar-refractivity contribution is 7.89. The Hall–Kier alpha value is -0.960. The van der Waals surface area contributed by atoms with E-state index in [2.05, 4.69) is 20.2 Å². The minimum Gasteiger partial charge on any atom is -0.316 e. The molecule has 0 saturated heterocycles. The Balaban J connectivity index is 2.94. The number of nitrogens with zero attached hydrogens (tertiary/aromatic N) is 2. The lowest BCUT2D eigenvalue weighted by Crippen LogP contribution is -2.40. The molecule has 19 heavy (non-hydrogen) atoms. The number of likely N-dealkylation sites (N-methyl/N-ethyl adjacent to an activating group) is 1. The van der Waals surface area contributed by atoms with Gasteiger partial charge in [-0.05, 0) is 35.0 Å². The molecule has 0 bridgehead atoms. The van der Waals surface area contributed by atoms with Crippen LogP contribution in [0.3, 0.4) is 0 Å². The van der Waals surface area contributed by atoms with Gasteiger partial charge < -0.3 is 10.2 Å². The number of hydrogen-bond acceptors (Lipinski definition) is 5. The summed E-state index contributed by atoms with van der Waals surface area (Å²) in [5.41, 5.74) is 1.43. The lowest BCUT2D eigenvalue weighted by molar-refractivity contribution is 0.370. The predicted octanol–water partition coefficient (Wildman–Crippen LogP) is -0.334. The van der Waals surface area contributed by atoms with Crippen LogP contribution in [0.15, 0.2) is 5.03 Å². The van der Waals surface area contributed by atoms with E-state index in [0.717, 1.165) is 5.69 Å². The Morgan fingerprint density at radius 3 is 2.58 bits per heavy atom. The first-order chi connectivity index (χ1) is 8.77. The summed E-state index contributed by atoms with van der Waals surface area (Å²) in [6.07, 6.45) is 0. The van der Waals surface area contributed by atoms with Crippen molar-refractivity contribution in [3.63, 3.8) is 0 Å². The number of aromatic nitrogens is 2. The van der Waals surface area contributed by atoms with Crippen molar-refractivity contribution in [3.8, 4) is 0 Å². The van der Waals surface area contributed by atoms with Gasteiger partial charge in [-0.2, -0.15) is 5.10 Å². The van der Waals surface area contributed by atoms with E-state index in [0.29, 0.717) is 18.7 Å². The van der Waals surface area contributed by atoms with Crippen LogP contribution < -0.4 is 10.0 Å². The van der Waals surface area contributed by atoms with Gasteiger partial charge in [0, 0.05) is 30.4 Å². The molecule has 3 N–H and O–H groups in total. The van der Waals surface area contributed by atoms with Crippen LogP contribution in [0.2, 0.25) is 0 Å². The molecule has 0 radical (unpaired) electrons. The van der Waals surface area contributed by atoms with Crippen molar-refractivity contribution in [2.45, 2.75) is 31.5 Å². The number of sulfonamides is 1. The molecular weight excluding hydrogens is 266 g/mol. The van der Waals surface area contributed by atoms with Gasteiger partial charge in [0.25, 0.3) is 10.0 Å².